The van der Waals surface area contributed by atoms with Gasteiger partial charge in [0.1, 0.15) is 53.4 Å². The molecule has 2 aliphatic rings. The number of fused-ring (bicyclic) bond motifs is 2. The highest BCUT2D eigenvalue weighted by Gasteiger charge is 2.24. The Bertz CT molecular complexity index is 3390. The predicted octanol–water partition coefficient (Wildman–Crippen LogP) is 14.3. The van der Waals surface area contributed by atoms with Crippen LogP contribution in [0.25, 0.3) is 41.1 Å². The van der Waals surface area contributed by atoms with Crippen LogP contribution in [0.2, 0.25) is 0 Å². The number of aliphatic carboxylic acids is 1. The van der Waals surface area contributed by atoms with Gasteiger partial charge >= 0.3 is 11.9 Å². The Kier molecular flexibility index (Phi) is 21.8. The number of phenolic OH excluding ortho intramolecular Hbond substituents is 2. The highest BCUT2D eigenvalue weighted by molar-refractivity contribution is 7.23. The largest absolute Gasteiger partial charge is 0.508 e. The van der Waals surface area contributed by atoms with Crippen LogP contribution in [0.1, 0.15) is 69.4 Å². The van der Waals surface area contributed by atoms with Crippen LogP contribution in [-0.4, -0.2) is 135 Å². The van der Waals surface area contributed by atoms with Crippen molar-refractivity contribution >= 4 is 54.8 Å². The normalized spacial score (nSPS) is 14.6. The van der Waals surface area contributed by atoms with Gasteiger partial charge in [0.05, 0.1) is 49.4 Å². The predicted molar refractivity (Wildman–Crippen MR) is 324 cm³/mol. The Morgan fingerprint density at radius 3 is 1.31 bits per heavy atom. The zero-order valence-electron chi connectivity index (χ0n) is 47.6. The monoisotopic (exact) mass is 1190 g/mol. The van der Waals surface area contributed by atoms with E-state index in [4.69, 9.17) is 38.3 Å². The number of likely N-dealkylation sites (tertiary alicyclic amines) is 2. The molecule has 444 valence electrons. The molecule has 0 spiro atoms. The Balaban J connectivity index is 0.000000202. The third-order valence-corrected chi connectivity index (χ3v) is 16.9. The highest BCUT2D eigenvalue weighted by atomic mass is 32.1. The zero-order chi connectivity index (χ0) is 59.0. The minimum Gasteiger partial charge on any atom is -0.508 e. The summed E-state index contributed by atoms with van der Waals surface area (Å²) in [5.74, 6) is 2.29. The number of thiophene rings is 2. The number of carboxylic acid groups (broad SMARTS) is 1. The summed E-state index contributed by atoms with van der Waals surface area (Å²) in [6, 6.07) is 39.8. The van der Waals surface area contributed by atoms with E-state index in [1.165, 1.54) is 58.1 Å². The summed E-state index contributed by atoms with van der Waals surface area (Å²) in [6.45, 7) is 13.6. The summed E-state index contributed by atoms with van der Waals surface area (Å²) in [7, 11) is 0. The van der Waals surface area contributed by atoms with E-state index >= 15 is 0 Å². The lowest BCUT2D eigenvalue weighted by atomic mass is 9.89. The number of esters is 1. The van der Waals surface area contributed by atoms with Gasteiger partial charge in [-0.2, -0.15) is 0 Å². The van der Waals surface area contributed by atoms with E-state index in [1.807, 2.05) is 57.2 Å². The first-order valence-corrected chi connectivity index (χ1v) is 30.0. The smallest absolute Gasteiger partial charge is 0.332 e. The number of carbonyl (C=O) groups is 2. The van der Waals surface area contributed by atoms with Gasteiger partial charge in [0, 0.05) is 33.3 Å². The Morgan fingerprint density at radius 2 is 0.917 bits per heavy atom. The lowest BCUT2D eigenvalue weighted by Gasteiger charge is -2.32. The average Bonchev–Trinajstić information content (AvgIpc) is 2.37. The second-order valence-electron chi connectivity index (χ2n) is 21.8. The number of carboxylic acids is 1. The van der Waals surface area contributed by atoms with Gasteiger partial charge < -0.3 is 58.3 Å². The van der Waals surface area contributed by atoms with Crippen LogP contribution in [0, 0.1) is 11.6 Å². The van der Waals surface area contributed by atoms with Gasteiger partial charge in [-0.05, 0) is 192 Å². The van der Waals surface area contributed by atoms with Crippen molar-refractivity contribution in [3.8, 4) is 55.4 Å². The molecule has 0 atom stereocenters. The van der Waals surface area contributed by atoms with Crippen molar-refractivity contribution in [3.63, 3.8) is 0 Å². The summed E-state index contributed by atoms with van der Waals surface area (Å²) >= 11 is 3.02. The maximum Gasteiger partial charge on any atom is 0.332 e. The number of halogens is 2. The molecule has 84 heavy (non-hydrogen) atoms. The number of aromatic hydroxyl groups is 2. The van der Waals surface area contributed by atoms with E-state index in [0.717, 1.165) is 118 Å². The molecule has 8 aromatic rings. The topological polar surface area (TPSA) is 166 Å². The Labute approximate surface area is 496 Å². The molecule has 0 unspecified atom stereocenters. The molecule has 18 heteroatoms. The van der Waals surface area contributed by atoms with Crippen LogP contribution >= 0.6 is 22.7 Å². The number of ether oxygens (including phenoxy) is 7. The molecule has 2 saturated heterocycles. The van der Waals surface area contributed by atoms with Gasteiger partial charge in [-0.3, -0.25) is 0 Å². The maximum atomic E-state index is 13.6. The van der Waals surface area contributed by atoms with Crippen molar-refractivity contribution in [1.82, 2.24) is 9.80 Å². The van der Waals surface area contributed by atoms with Gasteiger partial charge in [-0.1, -0.05) is 48.5 Å². The first kappa shape index (κ1) is 61.6. The third kappa shape index (κ3) is 17.8. The van der Waals surface area contributed by atoms with Crippen LogP contribution in [0.3, 0.4) is 0 Å². The second-order valence-corrected chi connectivity index (χ2v) is 23.9. The molecular formula is C66H72F2N2O12S2. The zero-order valence-corrected chi connectivity index (χ0v) is 49.2. The van der Waals surface area contributed by atoms with Crippen molar-refractivity contribution in [2.24, 2.45) is 0 Å². The number of hydrogen-bond donors (Lipinski definition) is 3. The van der Waals surface area contributed by atoms with Crippen molar-refractivity contribution in [2.75, 3.05) is 92.1 Å². The van der Waals surface area contributed by atoms with Gasteiger partial charge in [-0.15, -0.1) is 22.7 Å². The maximum absolute atomic E-state index is 13.6. The second kappa shape index (κ2) is 29.7. The van der Waals surface area contributed by atoms with Crippen molar-refractivity contribution < 1.29 is 66.8 Å². The molecule has 14 nitrogen and oxygen atoms in total. The molecule has 0 aliphatic carbocycles. The molecule has 2 aliphatic heterocycles. The minimum absolute atomic E-state index is 0.0610. The number of hydrogen-bond acceptors (Lipinski definition) is 15. The fourth-order valence-corrected chi connectivity index (χ4v) is 12.6. The summed E-state index contributed by atoms with van der Waals surface area (Å²) in [6.07, 6.45) is 4.28. The number of phenols is 2. The van der Waals surface area contributed by atoms with E-state index in [9.17, 15) is 28.6 Å². The number of carbonyl (C=O) groups excluding carboxylic acids is 1. The fraction of sp³-hybridized carbons (Fsp3) is 0.364. The standard InChI is InChI=1S/C35H40FNO6S.C31H32FNO6S/c1-35(2,3)43-32(39)23-41-21-20-40-19-18-37-16-14-25(15-17-37)24-6-11-29(12-7-24)42-33-30-13-10-28(38)22-31(30)44-34(33)26-4-8-27(36)9-5-26;32-24-5-1-23(2-6-24)31-30(27-10-7-25(34)19-28(27)40-31)39-26-8-3-21(4-9-26)22-11-13-33(14-12-22)15-16-37-17-18-38-20-29(35)36/h4-13,22,25,38H,14-21,23H2,1-3H3;1-10,19,22,34H,11-18,20H2,(H,35,36). The molecule has 0 bridgehead atoms. The first-order valence-electron chi connectivity index (χ1n) is 28.4. The Morgan fingerprint density at radius 1 is 0.524 bits per heavy atom. The van der Waals surface area contributed by atoms with Crippen molar-refractivity contribution in [3.05, 3.63) is 156 Å². The number of piperidine rings is 2. The van der Waals surface area contributed by atoms with Crippen LogP contribution in [-0.2, 0) is 33.3 Å². The molecule has 0 saturated carbocycles. The molecule has 4 heterocycles. The van der Waals surface area contributed by atoms with Crippen LogP contribution < -0.4 is 9.47 Å². The molecular weight excluding hydrogens is 1110 g/mol. The molecule has 0 amide bonds. The minimum atomic E-state index is -0.973. The third-order valence-electron chi connectivity index (χ3n) is 14.5. The molecule has 6 aromatic carbocycles. The van der Waals surface area contributed by atoms with Gasteiger partial charge in [0.15, 0.2) is 11.5 Å². The Hall–Kier alpha value is -7.00. The van der Waals surface area contributed by atoms with Crippen LogP contribution in [0.15, 0.2) is 133 Å². The molecule has 3 N–H and O–H groups in total. The van der Waals surface area contributed by atoms with Crippen molar-refractivity contribution in [1.29, 1.82) is 0 Å². The molecule has 10 rings (SSSR count). The van der Waals surface area contributed by atoms with E-state index in [1.54, 1.807) is 48.5 Å². The number of rotatable bonds is 24. The SMILES string of the molecule is CC(C)(C)OC(=O)COCCOCCN1CCC(c2ccc(Oc3c(-c4ccc(F)cc4)sc4cc(O)ccc34)cc2)CC1.O=C(O)COCCOCCN1CCC(c2ccc(Oc3c(-c4ccc(F)cc4)sc4cc(O)ccc34)cc2)CC1. The van der Waals surface area contributed by atoms with E-state index in [2.05, 4.69) is 34.1 Å². The van der Waals surface area contributed by atoms with Gasteiger partial charge in [0.25, 0.3) is 0 Å². The van der Waals surface area contributed by atoms with Crippen molar-refractivity contribution in [2.45, 2.75) is 63.9 Å². The van der Waals surface area contributed by atoms with E-state index in [0.29, 0.717) is 56.4 Å². The summed E-state index contributed by atoms with van der Waals surface area (Å²) < 4.78 is 68.6. The quantitative estimate of drug-likeness (QED) is 0.0386. The lowest BCUT2D eigenvalue weighted by Crippen LogP contribution is -2.35. The summed E-state index contributed by atoms with van der Waals surface area (Å²) in [4.78, 5) is 28.7. The molecule has 2 fully saturated rings. The van der Waals surface area contributed by atoms with E-state index < -0.39 is 11.6 Å². The molecule has 0 radical (unpaired) electrons. The van der Waals surface area contributed by atoms with E-state index in [-0.39, 0.29) is 48.9 Å². The van der Waals surface area contributed by atoms with Gasteiger partial charge in [0.2, 0.25) is 0 Å². The fourth-order valence-electron chi connectivity index (χ4n) is 10.3. The first-order chi connectivity index (χ1) is 40.6. The summed E-state index contributed by atoms with van der Waals surface area (Å²) in [5, 5.41) is 30.4. The summed E-state index contributed by atoms with van der Waals surface area (Å²) in [5.41, 5.74) is 3.80. The number of benzene rings is 6. The highest BCUT2D eigenvalue weighted by Crippen LogP contribution is 2.49. The van der Waals surface area contributed by atoms with Crippen LogP contribution in [0.4, 0.5) is 8.78 Å². The van der Waals surface area contributed by atoms with Crippen LogP contribution in [0.5, 0.6) is 34.5 Å². The number of nitrogens with zero attached hydrogens (tertiary/aromatic N) is 2. The lowest BCUT2D eigenvalue weighted by molar-refractivity contribution is -0.160. The van der Waals surface area contributed by atoms with Gasteiger partial charge in [-0.25, -0.2) is 18.4 Å². The molecule has 2 aromatic heterocycles. The average molecular weight is 1190 g/mol.